The van der Waals surface area contributed by atoms with E-state index in [2.05, 4.69) is 121 Å². The van der Waals surface area contributed by atoms with Crippen LogP contribution in [0, 0.1) is 22.7 Å². The average molecular weight is 646 g/mol. The smallest absolute Gasteiger partial charge is 0.138 e. The number of para-hydroxylation sites is 3. The van der Waals surface area contributed by atoms with E-state index in [1.54, 1.807) is 0 Å². The SMILES string of the molecule is CC12C=CC(c3ccc(C#N)cc3)CC1c1ccc3oc4c(c3c1O2)C=C(c1cccc(C#N)c1-n1c2ccccc2c2ccccc21)CC4. The number of benzene rings is 5. The number of aromatic nitrogens is 1. The van der Waals surface area contributed by atoms with Crippen LogP contribution in [0.15, 0.2) is 120 Å². The first-order valence-electron chi connectivity index (χ1n) is 17.2. The number of hydrogen-bond acceptors (Lipinski definition) is 4. The first-order chi connectivity index (χ1) is 24.5. The van der Waals surface area contributed by atoms with Gasteiger partial charge in [-0.1, -0.05) is 72.8 Å². The maximum absolute atomic E-state index is 10.5. The molecule has 3 heterocycles. The van der Waals surface area contributed by atoms with Crippen LogP contribution in [-0.2, 0) is 6.42 Å². The molecule has 2 aliphatic carbocycles. The molecule has 5 nitrogen and oxygen atoms in total. The second kappa shape index (κ2) is 10.6. The summed E-state index contributed by atoms with van der Waals surface area (Å²) < 4.78 is 15.8. The minimum Gasteiger partial charge on any atom is -0.482 e. The van der Waals surface area contributed by atoms with Gasteiger partial charge in [0.05, 0.1) is 39.3 Å². The van der Waals surface area contributed by atoms with Crippen molar-refractivity contribution in [1.82, 2.24) is 4.57 Å². The van der Waals surface area contributed by atoms with Crippen LogP contribution in [0.2, 0.25) is 0 Å². The molecule has 3 atom stereocenters. The van der Waals surface area contributed by atoms with Gasteiger partial charge in [0, 0.05) is 45.7 Å². The lowest BCUT2D eigenvalue weighted by atomic mass is 9.73. The highest BCUT2D eigenvalue weighted by atomic mass is 16.5. The van der Waals surface area contributed by atoms with Crippen molar-refractivity contribution in [2.75, 3.05) is 0 Å². The summed E-state index contributed by atoms with van der Waals surface area (Å²) in [5, 5.41) is 23.1. The molecule has 7 aromatic rings. The standard InChI is InChI=1S/C45H31N3O2/c1-45-22-21-29(28-15-13-27(25-46)14-16-28)24-37(45)35-18-20-41-42(44(35)50-45)36-23-30(17-19-40(36)49-41)32-10-6-7-31(26-47)43(32)48-38-11-4-2-8-33(38)34-9-3-5-12-39(34)48/h2-16,18,20-23,29,37H,17,19,24H2,1H3. The number of allylic oxidation sites excluding steroid dienone is 2. The lowest BCUT2D eigenvalue weighted by molar-refractivity contribution is 0.131. The summed E-state index contributed by atoms with van der Waals surface area (Å²) in [5.41, 5.74) is 10.5. The normalized spacial score (nSPS) is 20.5. The van der Waals surface area contributed by atoms with Gasteiger partial charge in [-0.25, -0.2) is 0 Å². The number of ether oxygens (including phenoxy) is 1. The van der Waals surface area contributed by atoms with Gasteiger partial charge in [-0.3, -0.25) is 0 Å². The van der Waals surface area contributed by atoms with Crippen LogP contribution in [0.1, 0.15) is 70.7 Å². The summed E-state index contributed by atoms with van der Waals surface area (Å²) in [4.78, 5) is 0. The van der Waals surface area contributed by atoms with E-state index in [1.807, 2.05) is 24.3 Å². The average Bonchev–Trinajstić information content (AvgIpc) is 3.80. The Bertz CT molecular complexity index is 2660. The minimum absolute atomic E-state index is 0.180. The second-order valence-corrected chi connectivity index (χ2v) is 13.9. The van der Waals surface area contributed by atoms with Crippen LogP contribution in [0.25, 0.3) is 50.1 Å². The monoisotopic (exact) mass is 645 g/mol. The minimum atomic E-state index is -0.462. The van der Waals surface area contributed by atoms with E-state index in [1.165, 1.54) is 27.5 Å². The fraction of sp³-hybridized carbons (Fsp3) is 0.156. The molecule has 2 aromatic heterocycles. The van der Waals surface area contributed by atoms with Crippen LogP contribution in [0.4, 0.5) is 0 Å². The largest absolute Gasteiger partial charge is 0.482 e. The van der Waals surface area contributed by atoms with Crippen LogP contribution in [0.3, 0.4) is 0 Å². The van der Waals surface area contributed by atoms with Gasteiger partial charge in [0.2, 0.25) is 0 Å². The number of hydrogen-bond donors (Lipinski definition) is 0. The first kappa shape index (κ1) is 28.7. The quantitative estimate of drug-likeness (QED) is 0.179. The van der Waals surface area contributed by atoms with E-state index in [0.29, 0.717) is 11.1 Å². The molecule has 10 rings (SSSR count). The Kier molecular flexibility index (Phi) is 6.08. The maximum atomic E-state index is 10.5. The van der Waals surface area contributed by atoms with Crippen molar-refractivity contribution < 1.29 is 9.15 Å². The molecule has 0 saturated carbocycles. The number of aryl methyl sites for hydroxylation is 1. The summed E-state index contributed by atoms with van der Waals surface area (Å²) in [6.45, 7) is 2.19. The van der Waals surface area contributed by atoms with Crippen molar-refractivity contribution in [2.45, 2.75) is 43.6 Å². The molecular weight excluding hydrogens is 615 g/mol. The molecule has 0 N–H and O–H groups in total. The summed E-state index contributed by atoms with van der Waals surface area (Å²) >= 11 is 0. The molecule has 50 heavy (non-hydrogen) atoms. The predicted octanol–water partition coefficient (Wildman–Crippen LogP) is 10.7. The third-order valence-electron chi connectivity index (χ3n) is 11.2. The molecule has 3 aliphatic rings. The molecular formula is C45H31N3O2. The van der Waals surface area contributed by atoms with Crippen molar-refractivity contribution in [3.63, 3.8) is 0 Å². The van der Waals surface area contributed by atoms with E-state index >= 15 is 0 Å². The Morgan fingerprint density at radius 2 is 1.56 bits per heavy atom. The van der Waals surface area contributed by atoms with Gasteiger partial charge >= 0.3 is 0 Å². The zero-order valence-corrected chi connectivity index (χ0v) is 27.5. The van der Waals surface area contributed by atoms with Crippen LogP contribution in [-0.4, -0.2) is 10.2 Å². The Hall–Kier alpha value is -6.30. The third-order valence-corrected chi connectivity index (χ3v) is 11.2. The molecule has 1 aliphatic heterocycles. The molecule has 0 saturated heterocycles. The van der Waals surface area contributed by atoms with Crippen molar-refractivity contribution >= 4 is 44.4 Å². The van der Waals surface area contributed by atoms with Crippen molar-refractivity contribution in [2.24, 2.45) is 0 Å². The number of furan rings is 1. The summed E-state index contributed by atoms with van der Waals surface area (Å²) in [5.74, 6) is 2.31. The van der Waals surface area contributed by atoms with Crippen molar-refractivity contribution in [3.8, 4) is 23.6 Å². The van der Waals surface area contributed by atoms with Gasteiger partial charge in [0.25, 0.3) is 0 Å². The molecule has 0 bridgehead atoms. The Morgan fingerprint density at radius 3 is 2.30 bits per heavy atom. The van der Waals surface area contributed by atoms with Gasteiger partial charge in [0.1, 0.15) is 28.8 Å². The molecule has 238 valence electrons. The Balaban J connectivity index is 1.12. The lowest BCUT2D eigenvalue weighted by Crippen LogP contribution is -2.35. The Labute approximate surface area is 289 Å². The van der Waals surface area contributed by atoms with E-state index in [4.69, 9.17) is 9.15 Å². The highest BCUT2D eigenvalue weighted by Crippen LogP contribution is 2.56. The van der Waals surface area contributed by atoms with E-state index < -0.39 is 5.60 Å². The Morgan fingerprint density at radius 1 is 0.800 bits per heavy atom. The third kappa shape index (κ3) is 4.04. The molecule has 3 unspecified atom stereocenters. The van der Waals surface area contributed by atoms with Gasteiger partial charge in [-0.05, 0) is 79.5 Å². The molecule has 0 radical (unpaired) electrons. The van der Waals surface area contributed by atoms with Crippen molar-refractivity contribution in [3.05, 3.63) is 154 Å². The zero-order valence-electron chi connectivity index (χ0n) is 27.5. The maximum Gasteiger partial charge on any atom is 0.138 e. The topological polar surface area (TPSA) is 74.9 Å². The second-order valence-electron chi connectivity index (χ2n) is 13.9. The van der Waals surface area contributed by atoms with Crippen LogP contribution < -0.4 is 4.74 Å². The van der Waals surface area contributed by atoms with Crippen molar-refractivity contribution in [1.29, 1.82) is 10.5 Å². The van der Waals surface area contributed by atoms with Gasteiger partial charge in [-0.2, -0.15) is 10.5 Å². The van der Waals surface area contributed by atoms with Crippen LogP contribution in [0.5, 0.6) is 5.75 Å². The van der Waals surface area contributed by atoms with Crippen LogP contribution >= 0.6 is 0 Å². The molecule has 5 aromatic carbocycles. The van der Waals surface area contributed by atoms with Gasteiger partial charge < -0.3 is 13.7 Å². The van der Waals surface area contributed by atoms with Gasteiger partial charge in [-0.15, -0.1) is 0 Å². The molecule has 0 spiro atoms. The van der Waals surface area contributed by atoms with E-state index in [0.717, 1.165) is 69.6 Å². The highest BCUT2D eigenvalue weighted by Gasteiger charge is 2.47. The lowest BCUT2D eigenvalue weighted by Gasteiger charge is -2.34. The first-order valence-corrected chi connectivity index (χ1v) is 17.2. The number of rotatable bonds is 3. The molecule has 0 amide bonds. The fourth-order valence-corrected chi connectivity index (χ4v) is 8.78. The van der Waals surface area contributed by atoms with E-state index in [9.17, 15) is 10.5 Å². The summed E-state index contributed by atoms with van der Waals surface area (Å²) in [7, 11) is 0. The van der Waals surface area contributed by atoms with E-state index in [-0.39, 0.29) is 11.8 Å². The fourth-order valence-electron chi connectivity index (χ4n) is 8.78. The highest BCUT2D eigenvalue weighted by molar-refractivity contribution is 6.10. The number of fused-ring (bicyclic) bond motifs is 10. The predicted molar refractivity (Wildman–Crippen MR) is 197 cm³/mol. The van der Waals surface area contributed by atoms with Gasteiger partial charge in [0.15, 0.2) is 0 Å². The zero-order chi connectivity index (χ0) is 33.6. The summed E-state index contributed by atoms with van der Waals surface area (Å²) in [6.07, 6.45) is 9.25. The number of nitrogens with zero attached hydrogens (tertiary/aromatic N) is 3. The summed E-state index contributed by atoms with van der Waals surface area (Å²) in [6, 6.07) is 40.0. The number of nitriles is 2. The molecule has 5 heteroatoms. The molecule has 0 fully saturated rings.